The van der Waals surface area contributed by atoms with Gasteiger partial charge in [-0.05, 0) is 59.9 Å². The molecule has 7 heteroatoms. The molecule has 4 aromatic rings. The van der Waals surface area contributed by atoms with E-state index in [0.717, 1.165) is 21.2 Å². The molecule has 0 bridgehead atoms. The number of hydrogen-bond acceptors (Lipinski definition) is 6. The van der Waals surface area contributed by atoms with Gasteiger partial charge < -0.3 is 9.47 Å². The van der Waals surface area contributed by atoms with Crippen molar-refractivity contribution in [3.05, 3.63) is 88.1 Å². The summed E-state index contributed by atoms with van der Waals surface area (Å²) in [6, 6.07) is 18.8. The number of esters is 1. The van der Waals surface area contributed by atoms with Crippen molar-refractivity contribution in [2.75, 3.05) is 7.11 Å². The molecule has 2 aromatic carbocycles. The molecule has 0 saturated heterocycles. The van der Waals surface area contributed by atoms with Crippen molar-refractivity contribution < 1.29 is 14.3 Å². The number of ether oxygens (including phenoxy) is 2. The van der Waals surface area contributed by atoms with Gasteiger partial charge in [-0.15, -0.1) is 16.4 Å². The molecule has 0 aliphatic carbocycles. The van der Waals surface area contributed by atoms with Crippen LogP contribution in [-0.4, -0.2) is 28.1 Å². The van der Waals surface area contributed by atoms with E-state index in [2.05, 4.69) is 66.6 Å². The van der Waals surface area contributed by atoms with Gasteiger partial charge in [0.05, 0.1) is 19.2 Å². The third kappa shape index (κ3) is 5.31. The molecule has 1 atom stereocenters. The van der Waals surface area contributed by atoms with Crippen LogP contribution in [0.3, 0.4) is 0 Å². The SMILES string of the molecule is COC(=O)CC(c1cn(C)nn1)c1ccc(OCc2cccc(-c3c(C)cccc3C)c2)s1. The Morgan fingerprint density at radius 1 is 1.09 bits per heavy atom. The smallest absolute Gasteiger partial charge is 0.306 e. The molecule has 6 nitrogen and oxygen atoms in total. The van der Waals surface area contributed by atoms with Gasteiger partial charge >= 0.3 is 5.97 Å². The molecule has 0 spiro atoms. The number of hydrogen-bond donors (Lipinski definition) is 0. The molecule has 33 heavy (non-hydrogen) atoms. The van der Waals surface area contributed by atoms with E-state index in [1.807, 2.05) is 18.3 Å². The van der Waals surface area contributed by atoms with E-state index < -0.39 is 0 Å². The first kappa shape index (κ1) is 22.7. The zero-order valence-corrected chi connectivity index (χ0v) is 20.1. The van der Waals surface area contributed by atoms with Crippen LogP contribution in [0.5, 0.6) is 5.06 Å². The summed E-state index contributed by atoms with van der Waals surface area (Å²) >= 11 is 1.52. The van der Waals surface area contributed by atoms with Crippen molar-refractivity contribution >= 4 is 17.3 Å². The maximum atomic E-state index is 12.0. The van der Waals surface area contributed by atoms with Crippen LogP contribution in [0.1, 0.15) is 39.6 Å². The minimum Gasteiger partial charge on any atom is -0.479 e. The van der Waals surface area contributed by atoms with Crippen LogP contribution in [-0.2, 0) is 23.2 Å². The Morgan fingerprint density at radius 3 is 2.55 bits per heavy atom. The average Bonchev–Trinajstić information content (AvgIpc) is 3.45. The van der Waals surface area contributed by atoms with E-state index in [4.69, 9.17) is 9.47 Å². The fourth-order valence-corrected chi connectivity index (χ4v) is 4.93. The predicted molar refractivity (Wildman–Crippen MR) is 129 cm³/mol. The number of aromatic nitrogens is 3. The summed E-state index contributed by atoms with van der Waals surface area (Å²) in [6.07, 6.45) is 2.03. The van der Waals surface area contributed by atoms with Crippen molar-refractivity contribution in [2.45, 2.75) is 32.8 Å². The first-order chi connectivity index (χ1) is 15.9. The number of aryl methyl sites for hydroxylation is 3. The van der Waals surface area contributed by atoms with Gasteiger partial charge in [0.25, 0.3) is 0 Å². The lowest BCUT2D eigenvalue weighted by atomic mass is 9.95. The normalized spacial score (nSPS) is 11.9. The monoisotopic (exact) mass is 461 g/mol. The van der Waals surface area contributed by atoms with E-state index in [9.17, 15) is 4.79 Å². The standard InChI is InChI=1S/C26H27N3O3S/c1-17-7-5-8-18(2)26(17)20-10-6-9-19(13-20)16-32-25-12-11-23(33-25)21(14-24(30)31-4)22-15-29(3)28-27-22/h5-13,15,21H,14,16H2,1-4H3. The van der Waals surface area contributed by atoms with Crippen LogP contribution < -0.4 is 4.74 Å². The second kappa shape index (κ2) is 10.0. The molecule has 0 N–H and O–H groups in total. The van der Waals surface area contributed by atoms with Crippen LogP contribution >= 0.6 is 11.3 Å². The minimum absolute atomic E-state index is 0.201. The highest BCUT2D eigenvalue weighted by molar-refractivity contribution is 7.13. The van der Waals surface area contributed by atoms with Gasteiger partial charge in [0.15, 0.2) is 5.06 Å². The van der Waals surface area contributed by atoms with Crippen molar-refractivity contribution in [2.24, 2.45) is 7.05 Å². The number of nitrogens with zero attached hydrogens (tertiary/aromatic N) is 3. The van der Waals surface area contributed by atoms with E-state index in [1.165, 1.54) is 40.7 Å². The van der Waals surface area contributed by atoms with Gasteiger partial charge in [-0.3, -0.25) is 9.48 Å². The largest absolute Gasteiger partial charge is 0.479 e. The number of methoxy groups -OCH3 is 1. The van der Waals surface area contributed by atoms with Crippen molar-refractivity contribution in [3.63, 3.8) is 0 Å². The summed E-state index contributed by atoms with van der Waals surface area (Å²) < 4.78 is 12.6. The number of carbonyl (C=O) groups excluding carboxylic acids is 1. The molecule has 4 rings (SSSR count). The highest BCUT2D eigenvalue weighted by atomic mass is 32.1. The quantitative estimate of drug-likeness (QED) is 0.327. The molecule has 2 aromatic heterocycles. The second-order valence-electron chi connectivity index (χ2n) is 8.06. The molecule has 0 saturated carbocycles. The van der Waals surface area contributed by atoms with Gasteiger partial charge in [0, 0.05) is 24.0 Å². The molecular weight excluding hydrogens is 434 g/mol. The Bertz CT molecular complexity index is 1240. The Balaban J connectivity index is 1.50. The van der Waals surface area contributed by atoms with E-state index in [0.29, 0.717) is 6.61 Å². The molecule has 170 valence electrons. The third-order valence-corrected chi connectivity index (χ3v) is 6.71. The molecule has 2 heterocycles. The lowest BCUT2D eigenvalue weighted by molar-refractivity contribution is -0.140. The predicted octanol–water partition coefficient (Wildman–Crippen LogP) is 5.43. The van der Waals surface area contributed by atoms with Crippen molar-refractivity contribution in [1.29, 1.82) is 0 Å². The molecule has 0 fully saturated rings. The zero-order chi connectivity index (χ0) is 23.4. The topological polar surface area (TPSA) is 66.2 Å². The van der Waals surface area contributed by atoms with Gasteiger partial charge in [0.1, 0.15) is 6.61 Å². The fourth-order valence-electron chi connectivity index (χ4n) is 3.97. The molecule has 0 aliphatic heterocycles. The number of thiophene rings is 1. The second-order valence-corrected chi connectivity index (χ2v) is 9.14. The van der Waals surface area contributed by atoms with Crippen LogP contribution in [0.15, 0.2) is 60.8 Å². The summed E-state index contributed by atoms with van der Waals surface area (Å²) in [5.74, 6) is -0.509. The maximum Gasteiger partial charge on any atom is 0.306 e. The van der Waals surface area contributed by atoms with Gasteiger partial charge in [-0.25, -0.2) is 0 Å². The van der Waals surface area contributed by atoms with Gasteiger partial charge in [0.2, 0.25) is 0 Å². The molecule has 0 aliphatic rings. The van der Waals surface area contributed by atoms with Crippen LogP contribution in [0.25, 0.3) is 11.1 Å². The number of carbonyl (C=O) groups is 1. The zero-order valence-electron chi connectivity index (χ0n) is 19.2. The average molecular weight is 462 g/mol. The first-order valence-electron chi connectivity index (χ1n) is 10.8. The Morgan fingerprint density at radius 2 is 1.85 bits per heavy atom. The molecule has 1 unspecified atom stereocenters. The highest BCUT2D eigenvalue weighted by Gasteiger charge is 2.23. The Kier molecular flexibility index (Phi) is 6.89. The maximum absolute atomic E-state index is 12.0. The van der Waals surface area contributed by atoms with Gasteiger partial charge in [-0.1, -0.05) is 41.6 Å². The Labute approximate surface area is 197 Å². The first-order valence-corrected chi connectivity index (χ1v) is 11.6. The molecule has 0 radical (unpaired) electrons. The fraction of sp³-hybridized carbons (Fsp3) is 0.269. The summed E-state index contributed by atoms with van der Waals surface area (Å²) in [7, 11) is 3.20. The summed E-state index contributed by atoms with van der Waals surface area (Å²) in [6.45, 7) is 4.74. The summed E-state index contributed by atoms with van der Waals surface area (Å²) in [5.41, 5.74) is 6.82. The number of rotatable bonds is 8. The third-order valence-electron chi connectivity index (χ3n) is 5.60. The lowest BCUT2D eigenvalue weighted by Crippen LogP contribution is -2.09. The Hall–Kier alpha value is -3.45. The molecular formula is C26H27N3O3S. The minimum atomic E-state index is -0.287. The van der Waals surface area contributed by atoms with E-state index >= 15 is 0 Å². The van der Waals surface area contributed by atoms with Crippen LogP contribution in [0, 0.1) is 13.8 Å². The summed E-state index contributed by atoms with van der Waals surface area (Å²) in [4.78, 5) is 13.0. The summed E-state index contributed by atoms with van der Waals surface area (Å²) in [5, 5.41) is 9.01. The van der Waals surface area contributed by atoms with Crippen molar-refractivity contribution in [1.82, 2.24) is 15.0 Å². The van der Waals surface area contributed by atoms with E-state index in [1.54, 1.807) is 11.7 Å². The van der Waals surface area contributed by atoms with E-state index in [-0.39, 0.29) is 18.3 Å². The van der Waals surface area contributed by atoms with Crippen LogP contribution in [0.4, 0.5) is 0 Å². The lowest BCUT2D eigenvalue weighted by Gasteiger charge is -2.12. The van der Waals surface area contributed by atoms with Crippen molar-refractivity contribution in [3.8, 4) is 16.2 Å². The highest BCUT2D eigenvalue weighted by Crippen LogP contribution is 2.36. The molecule has 0 amide bonds. The van der Waals surface area contributed by atoms with Gasteiger partial charge in [-0.2, -0.15) is 0 Å². The van der Waals surface area contributed by atoms with Crippen LogP contribution in [0.2, 0.25) is 0 Å². The number of benzene rings is 2.